The van der Waals surface area contributed by atoms with Crippen molar-refractivity contribution in [1.29, 1.82) is 0 Å². The summed E-state index contributed by atoms with van der Waals surface area (Å²) >= 11 is 0. The molecule has 2 aromatic carbocycles. The van der Waals surface area contributed by atoms with E-state index in [1.165, 1.54) is 13.2 Å². The Morgan fingerprint density at radius 3 is 2.50 bits per heavy atom. The van der Waals surface area contributed by atoms with Crippen LogP contribution in [0.4, 0.5) is 21.5 Å². The number of carbonyl (C=O) groups excluding carboxylic acids is 1. The molecule has 0 bridgehead atoms. The third-order valence-corrected chi connectivity index (χ3v) is 4.58. The predicted octanol–water partition coefficient (Wildman–Crippen LogP) is 2.50. The number of nitro groups is 1. The number of nitrogens with zero attached hydrogens (tertiary/aromatic N) is 3. The van der Waals surface area contributed by atoms with E-state index in [1.54, 1.807) is 0 Å². The number of ether oxygens (including phenoxy) is 1. The number of methoxy groups -OCH3 is 1. The van der Waals surface area contributed by atoms with Gasteiger partial charge in [0.1, 0.15) is 5.69 Å². The van der Waals surface area contributed by atoms with Gasteiger partial charge in [-0.3, -0.25) is 19.8 Å². The Balaban J connectivity index is 1.62. The molecule has 0 aromatic heterocycles. The molecule has 0 radical (unpaired) electrons. The molecule has 1 aliphatic rings. The van der Waals surface area contributed by atoms with Crippen LogP contribution in [0, 0.1) is 15.9 Å². The number of hydrogen-bond donors (Lipinski definition) is 1. The van der Waals surface area contributed by atoms with Crippen LogP contribution in [0.5, 0.6) is 5.75 Å². The molecule has 1 aliphatic heterocycles. The van der Waals surface area contributed by atoms with Crippen molar-refractivity contribution in [3.05, 3.63) is 58.4 Å². The van der Waals surface area contributed by atoms with Crippen LogP contribution in [0.15, 0.2) is 42.5 Å². The third-order valence-electron chi connectivity index (χ3n) is 4.58. The number of amides is 1. The standard InChI is InChI=1S/C19H21FN4O4/c1-28-18-12-16(17(24(26)27)11-15(18)20)23-9-7-22(8-10-23)13-19(25)21-14-5-3-2-4-6-14/h2-6,11-12H,7-10,13H2,1H3,(H,21,25). The summed E-state index contributed by atoms with van der Waals surface area (Å²) in [5.41, 5.74) is 0.755. The molecular formula is C19H21FN4O4. The van der Waals surface area contributed by atoms with Crippen molar-refractivity contribution in [3.63, 3.8) is 0 Å². The number of benzene rings is 2. The number of anilines is 2. The fourth-order valence-corrected chi connectivity index (χ4v) is 3.16. The lowest BCUT2D eigenvalue weighted by Crippen LogP contribution is -2.48. The van der Waals surface area contributed by atoms with Crippen LogP contribution in [0.3, 0.4) is 0 Å². The maximum atomic E-state index is 13.8. The van der Waals surface area contributed by atoms with Gasteiger partial charge >= 0.3 is 0 Å². The highest BCUT2D eigenvalue weighted by atomic mass is 19.1. The molecule has 1 heterocycles. The maximum absolute atomic E-state index is 13.8. The normalized spacial score (nSPS) is 14.6. The van der Waals surface area contributed by atoms with Crippen LogP contribution in [-0.2, 0) is 4.79 Å². The molecule has 2 aromatic rings. The second-order valence-electron chi connectivity index (χ2n) is 6.41. The second kappa shape index (κ2) is 8.66. The van der Waals surface area contributed by atoms with Crippen LogP contribution in [-0.4, -0.2) is 55.6 Å². The Kier molecular flexibility index (Phi) is 6.05. The molecule has 1 amide bonds. The first kappa shape index (κ1) is 19.6. The van der Waals surface area contributed by atoms with E-state index >= 15 is 0 Å². The number of piperazine rings is 1. The minimum atomic E-state index is -0.769. The SMILES string of the molecule is COc1cc(N2CCN(CC(=O)Nc3ccccc3)CC2)c([N+](=O)[O-])cc1F. The summed E-state index contributed by atoms with van der Waals surface area (Å²) in [4.78, 5) is 26.7. The van der Waals surface area contributed by atoms with Gasteiger partial charge in [-0.1, -0.05) is 18.2 Å². The number of halogens is 1. The molecule has 28 heavy (non-hydrogen) atoms. The number of nitro benzene ring substituents is 1. The monoisotopic (exact) mass is 388 g/mol. The van der Waals surface area contributed by atoms with Gasteiger partial charge in [-0.15, -0.1) is 0 Å². The molecule has 0 saturated carbocycles. The molecule has 0 spiro atoms. The summed E-state index contributed by atoms with van der Waals surface area (Å²) in [5.74, 6) is -0.923. The first-order chi connectivity index (χ1) is 13.5. The Bertz CT molecular complexity index is 855. The van der Waals surface area contributed by atoms with Crippen molar-refractivity contribution in [1.82, 2.24) is 4.90 Å². The largest absolute Gasteiger partial charge is 0.494 e. The Hall–Kier alpha value is -3.20. The van der Waals surface area contributed by atoms with E-state index in [4.69, 9.17) is 4.74 Å². The van der Waals surface area contributed by atoms with Crippen LogP contribution in [0.25, 0.3) is 0 Å². The molecule has 3 rings (SSSR count). The Morgan fingerprint density at radius 2 is 1.89 bits per heavy atom. The molecule has 8 nitrogen and oxygen atoms in total. The molecule has 0 atom stereocenters. The average Bonchev–Trinajstić information content (AvgIpc) is 2.69. The van der Waals surface area contributed by atoms with E-state index in [0.717, 1.165) is 11.8 Å². The highest BCUT2D eigenvalue weighted by molar-refractivity contribution is 5.92. The summed E-state index contributed by atoms with van der Waals surface area (Å²) in [6.07, 6.45) is 0. The molecular weight excluding hydrogens is 367 g/mol. The van der Waals surface area contributed by atoms with Gasteiger partial charge in [0.05, 0.1) is 24.6 Å². The van der Waals surface area contributed by atoms with Gasteiger partial charge < -0.3 is 15.0 Å². The van der Waals surface area contributed by atoms with Crippen molar-refractivity contribution in [3.8, 4) is 5.75 Å². The molecule has 0 unspecified atom stereocenters. The topological polar surface area (TPSA) is 88.0 Å². The van der Waals surface area contributed by atoms with Gasteiger partial charge in [0, 0.05) is 37.9 Å². The highest BCUT2D eigenvalue weighted by Crippen LogP contribution is 2.35. The molecule has 148 valence electrons. The summed E-state index contributed by atoms with van der Waals surface area (Å²) < 4.78 is 18.8. The molecule has 1 fully saturated rings. The van der Waals surface area contributed by atoms with Gasteiger partial charge in [0.15, 0.2) is 11.6 Å². The predicted molar refractivity (Wildman–Crippen MR) is 103 cm³/mol. The van der Waals surface area contributed by atoms with Gasteiger partial charge in [-0.05, 0) is 12.1 Å². The number of carbonyl (C=O) groups is 1. The smallest absolute Gasteiger partial charge is 0.295 e. The Labute approximate surface area is 161 Å². The van der Waals surface area contributed by atoms with Crippen LogP contribution in [0.2, 0.25) is 0 Å². The van der Waals surface area contributed by atoms with Gasteiger partial charge in [0.25, 0.3) is 5.69 Å². The number of para-hydroxylation sites is 1. The van der Waals surface area contributed by atoms with Crippen molar-refractivity contribution in [2.75, 3.05) is 50.1 Å². The van der Waals surface area contributed by atoms with Crippen LogP contribution >= 0.6 is 0 Å². The summed E-state index contributed by atoms with van der Waals surface area (Å²) in [6.45, 7) is 2.30. The first-order valence-corrected chi connectivity index (χ1v) is 8.82. The number of nitrogens with one attached hydrogen (secondary N) is 1. The van der Waals surface area contributed by atoms with Gasteiger partial charge in [-0.25, -0.2) is 4.39 Å². The lowest BCUT2D eigenvalue weighted by atomic mass is 10.2. The van der Waals surface area contributed by atoms with Crippen molar-refractivity contribution in [2.45, 2.75) is 0 Å². The van der Waals surface area contributed by atoms with Gasteiger partial charge in [-0.2, -0.15) is 0 Å². The Morgan fingerprint density at radius 1 is 1.21 bits per heavy atom. The third kappa shape index (κ3) is 4.55. The number of hydrogen-bond acceptors (Lipinski definition) is 6. The fraction of sp³-hybridized carbons (Fsp3) is 0.316. The lowest BCUT2D eigenvalue weighted by Gasteiger charge is -2.35. The zero-order chi connectivity index (χ0) is 20.1. The maximum Gasteiger partial charge on any atom is 0.295 e. The van der Waals surface area contributed by atoms with E-state index in [0.29, 0.717) is 31.9 Å². The summed E-state index contributed by atoms with van der Waals surface area (Å²) in [7, 11) is 1.32. The molecule has 0 aliphatic carbocycles. The number of rotatable bonds is 6. The van der Waals surface area contributed by atoms with E-state index in [2.05, 4.69) is 5.32 Å². The van der Waals surface area contributed by atoms with Crippen LogP contribution in [0.1, 0.15) is 0 Å². The minimum Gasteiger partial charge on any atom is -0.494 e. The molecule has 1 saturated heterocycles. The molecule has 9 heteroatoms. The van der Waals surface area contributed by atoms with E-state index in [9.17, 15) is 19.3 Å². The summed E-state index contributed by atoms with van der Waals surface area (Å²) in [5, 5.41) is 14.1. The average molecular weight is 388 g/mol. The van der Waals surface area contributed by atoms with Crippen molar-refractivity contribution in [2.24, 2.45) is 0 Å². The van der Waals surface area contributed by atoms with E-state index in [1.807, 2.05) is 40.1 Å². The van der Waals surface area contributed by atoms with E-state index in [-0.39, 0.29) is 23.9 Å². The lowest BCUT2D eigenvalue weighted by molar-refractivity contribution is -0.384. The highest BCUT2D eigenvalue weighted by Gasteiger charge is 2.27. The molecule has 1 N–H and O–H groups in total. The zero-order valence-corrected chi connectivity index (χ0v) is 15.4. The second-order valence-corrected chi connectivity index (χ2v) is 6.41. The zero-order valence-electron chi connectivity index (χ0n) is 15.4. The quantitative estimate of drug-likeness (QED) is 0.604. The van der Waals surface area contributed by atoms with E-state index < -0.39 is 10.7 Å². The van der Waals surface area contributed by atoms with Crippen molar-refractivity contribution < 1.29 is 18.8 Å². The van der Waals surface area contributed by atoms with Crippen molar-refractivity contribution >= 4 is 23.0 Å². The van der Waals surface area contributed by atoms with Crippen LogP contribution < -0.4 is 15.0 Å². The fourth-order valence-electron chi connectivity index (χ4n) is 3.16. The first-order valence-electron chi connectivity index (χ1n) is 8.82. The minimum absolute atomic E-state index is 0.0368. The summed E-state index contributed by atoms with van der Waals surface area (Å²) in [6, 6.07) is 11.4. The van der Waals surface area contributed by atoms with Gasteiger partial charge in [0.2, 0.25) is 5.91 Å².